The molecule has 0 amide bonds. The molecule has 2 N–H and O–H groups in total. The second-order valence-electron chi connectivity index (χ2n) is 8.54. The van der Waals surface area contributed by atoms with Gasteiger partial charge in [-0.15, -0.1) is 0 Å². The first-order valence-corrected chi connectivity index (χ1v) is 11.5. The Morgan fingerprint density at radius 2 is 2.00 bits per heavy atom. The summed E-state index contributed by atoms with van der Waals surface area (Å²) in [5.74, 6) is 2.01. The quantitative estimate of drug-likeness (QED) is 0.528. The number of aromatic nitrogens is 3. The topological polar surface area (TPSA) is 111 Å². The number of nitrogens with one attached hydrogen (secondary N) is 1. The van der Waals surface area contributed by atoms with Crippen molar-refractivity contribution in [3.8, 4) is 17.2 Å². The van der Waals surface area contributed by atoms with Gasteiger partial charge in [0.25, 0.3) is 5.56 Å². The largest absolute Gasteiger partial charge is 0.495 e. The average Bonchev–Trinajstić information content (AvgIpc) is 2.87. The van der Waals surface area contributed by atoms with Crippen LogP contribution in [0.2, 0.25) is 0 Å². The summed E-state index contributed by atoms with van der Waals surface area (Å²) >= 11 is 0. The lowest BCUT2D eigenvalue weighted by Gasteiger charge is -2.37. The second-order valence-corrected chi connectivity index (χ2v) is 8.54. The zero-order chi connectivity index (χ0) is 23.5. The summed E-state index contributed by atoms with van der Waals surface area (Å²) < 4.78 is 18.1. The first-order valence-electron chi connectivity index (χ1n) is 11.5. The molecule has 2 aliphatic heterocycles. The molecule has 10 heteroatoms. The maximum Gasteiger partial charge on any atom is 0.251 e. The van der Waals surface area contributed by atoms with Gasteiger partial charge in [-0.05, 0) is 12.5 Å². The summed E-state index contributed by atoms with van der Waals surface area (Å²) in [6.45, 7) is 3.43. The Bertz CT molecular complexity index is 1220. The molecule has 2 aliphatic rings. The standard InChI is InChI=1S/C24H29N5O5/c1-32-18-12-20-19(27-14-18)2-3-23(30)29(20)7-6-28-5-4-16(11-24(28)31)25-13-17-10-21-22(15-26-17)34-9-8-33-21/h2-3,10,12,14-16,24-25,31H,4-9,11,13H2,1H3. The molecule has 3 aromatic heterocycles. The fraction of sp³-hybridized carbons (Fsp3) is 0.458. The monoisotopic (exact) mass is 467 g/mol. The third kappa shape index (κ3) is 4.84. The van der Waals surface area contributed by atoms with Gasteiger partial charge in [-0.25, -0.2) is 0 Å². The highest BCUT2D eigenvalue weighted by atomic mass is 16.6. The molecule has 0 saturated carbocycles. The SMILES string of the molecule is COc1cnc2ccc(=O)n(CCN3CCC(NCc4cc5c(cn4)OCCO5)CC3O)c2c1. The molecule has 5 heterocycles. The second kappa shape index (κ2) is 9.96. The smallest absolute Gasteiger partial charge is 0.251 e. The van der Waals surface area contributed by atoms with E-state index in [2.05, 4.69) is 15.3 Å². The minimum absolute atomic E-state index is 0.0967. The van der Waals surface area contributed by atoms with E-state index in [4.69, 9.17) is 14.2 Å². The maximum atomic E-state index is 12.5. The van der Waals surface area contributed by atoms with Gasteiger partial charge < -0.3 is 29.2 Å². The first kappa shape index (κ1) is 22.6. The molecule has 0 aromatic carbocycles. The lowest BCUT2D eigenvalue weighted by molar-refractivity contribution is -0.0358. The first-order chi connectivity index (χ1) is 16.6. The molecule has 0 radical (unpaired) electrons. The van der Waals surface area contributed by atoms with Crippen molar-refractivity contribution in [2.45, 2.75) is 38.2 Å². The zero-order valence-electron chi connectivity index (χ0n) is 19.1. The Balaban J connectivity index is 1.17. The van der Waals surface area contributed by atoms with E-state index in [1.807, 2.05) is 17.0 Å². The average molecular weight is 468 g/mol. The maximum absolute atomic E-state index is 12.5. The highest BCUT2D eigenvalue weighted by Gasteiger charge is 2.27. The molecule has 3 aromatic rings. The summed E-state index contributed by atoms with van der Waals surface area (Å²) in [5.41, 5.74) is 2.24. The van der Waals surface area contributed by atoms with Crippen molar-refractivity contribution in [3.63, 3.8) is 0 Å². The molecule has 5 rings (SSSR count). The molecule has 180 valence electrons. The van der Waals surface area contributed by atoms with E-state index in [1.54, 1.807) is 30.1 Å². The highest BCUT2D eigenvalue weighted by molar-refractivity contribution is 5.75. The van der Waals surface area contributed by atoms with Crippen LogP contribution >= 0.6 is 0 Å². The fourth-order valence-corrected chi connectivity index (χ4v) is 4.49. The molecule has 1 saturated heterocycles. The number of aliphatic hydroxyl groups is 1. The summed E-state index contributed by atoms with van der Waals surface area (Å²) in [6.07, 6.45) is 4.24. The number of aliphatic hydroxyl groups excluding tert-OH is 1. The van der Waals surface area contributed by atoms with Crippen molar-refractivity contribution in [2.75, 3.05) is 33.4 Å². The lowest BCUT2D eigenvalue weighted by Crippen LogP contribution is -2.49. The number of piperidine rings is 1. The summed E-state index contributed by atoms with van der Waals surface area (Å²) in [6, 6.07) is 7.15. The van der Waals surface area contributed by atoms with Crippen LogP contribution in [-0.4, -0.2) is 70.2 Å². The van der Waals surface area contributed by atoms with Gasteiger partial charge in [0.05, 0.1) is 36.2 Å². The molecule has 2 atom stereocenters. The van der Waals surface area contributed by atoms with Crippen LogP contribution in [-0.2, 0) is 13.1 Å². The van der Waals surface area contributed by atoms with E-state index in [0.29, 0.717) is 50.8 Å². The molecular formula is C24H29N5O5. The van der Waals surface area contributed by atoms with Crippen molar-refractivity contribution in [2.24, 2.45) is 0 Å². The molecule has 0 spiro atoms. The molecular weight excluding hydrogens is 438 g/mol. The Kier molecular flexibility index (Phi) is 6.61. The van der Waals surface area contributed by atoms with Gasteiger partial charge >= 0.3 is 0 Å². The van der Waals surface area contributed by atoms with Crippen molar-refractivity contribution >= 4 is 11.0 Å². The number of methoxy groups -OCH3 is 1. The molecule has 0 bridgehead atoms. The van der Waals surface area contributed by atoms with Crippen LogP contribution in [0.3, 0.4) is 0 Å². The van der Waals surface area contributed by atoms with Gasteiger partial charge in [-0.3, -0.25) is 19.7 Å². The number of hydrogen-bond donors (Lipinski definition) is 2. The van der Waals surface area contributed by atoms with Gasteiger partial charge in [0.2, 0.25) is 0 Å². The Labute approximate surface area is 197 Å². The Morgan fingerprint density at radius 1 is 1.15 bits per heavy atom. The molecule has 2 unspecified atom stereocenters. The molecule has 10 nitrogen and oxygen atoms in total. The third-order valence-corrected chi connectivity index (χ3v) is 6.40. The number of hydrogen-bond acceptors (Lipinski definition) is 9. The lowest BCUT2D eigenvalue weighted by atomic mass is 10.0. The number of rotatable bonds is 7. The molecule has 0 aliphatic carbocycles. The number of likely N-dealkylation sites (tertiary alicyclic amines) is 1. The predicted molar refractivity (Wildman–Crippen MR) is 125 cm³/mol. The Morgan fingerprint density at radius 3 is 2.82 bits per heavy atom. The highest BCUT2D eigenvalue weighted by Crippen LogP contribution is 2.29. The van der Waals surface area contributed by atoms with Gasteiger partial charge in [0, 0.05) is 56.8 Å². The van der Waals surface area contributed by atoms with E-state index < -0.39 is 6.23 Å². The van der Waals surface area contributed by atoms with Gasteiger partial charge in [-0.1, -0.05) is 0 Å². The van der Waals surface area contributed by atoms with E-state index in [9.17, 15) is 9.90 Å². The van der Waals surface area contributed by atoms with E-state index in [-0.39, 0.29) is 11.6 Å². The van der Waals surface area contributed by atoms with Crippen LogP contribution in [0.4, 0.5) is 0 Å². The third-order valence-electron chi connectivity index (χ3n) is 6.40. The molecule has 34 heavy (non-hydrogen) atoms. The summed E-state index contributed by atoms with van der Waals surface area (Å²) in [5, 5.41) is 14.2. The van der Waals surface area contributed by atoms with Crippen LogP contribution in [0.15, 0.2) is 41.5 Å². The molecule has 1 fully saturated rings. The van der Waals surface area contributed by atoms with Crippen LogP contribution in [0.25, 0.3) is 11.0 Å². The number of fused-ring (bicyclic) bond motifs is 2. The fourth-order valence-electron chi connectivity index (χ4n) is 4.49. The van der Waals surface area contributed by atoms with Crippen LogP contribution in [0.5, 0.6) is 17.2 Å². The van der Waals surface area contributed by atoms with Crippen LogP contribution in [0, 0.1) is 0 Å². The minimum Gasteiger partial charge on any atom is -0.495 e. The van der Waals surface area contributed by atoms with Gasteiger partial charge in [-0.2, -0.15) is 0 Å². The number of pyridine rings is 3. The van der Waals surface area contributed by atoms with Gasteiger partial charge in [0.1, 0.15) is 25.2 Å². The van der Waals surface area contributed by atoms with Crippen molar-refractivity contribution < 1.29 is 19.3 Å². The van der Waals surface area contributed by atoms with E-state index >= 15 is 0 Å². The van der Waals surface area contributed by atoms with Gasteiger partial charge in [0.15, 0.2) is 11.5 Å². The van der Waals surface area contributed by atoms with Crippen LogP contribution in [0.1, 0.15) is 18.5 Å². The van der Waals surface area contributed by atoms with Crippen molar-refractivity contribution in [3.05, 3.63) is 52.7 Å². The summed E-state index contributed by atoms with van der Waals surface area (Å²) in [7, 11) is 1.58. The van der Waals surface area contributed by atoms with Crippen molar-refractivity contribution in [1.82, 2.24) is 24.8 Å². The minimum atomic E-state index is -0.585. The van der Waals surface area contributed by atoms with E-state index in [0.717, 1.165) is 35.4 Å². The normalized spacial score (nSPS) is 20.4. The van der Waals surface area contributed by atoms with E-state index in [1.165, 1.54) is 6.07 Å². The Hall–Kier alpha value is -3.21. The predicted octanol–water partition coefficient (Wildman–Crippen LogP) is 1.14. The number of ether oxygens (including phenoxy) is 3. The summed E-state index contributed by atoms with van der Waals surface area (Å²) in [4.78, 5) is 23.3. The van der Waals surface area contributed by atoms with Crippen molar-refractivity contribution in [1.29, 1.82) is 0 Å². The zero-order valence-corrected chi connectivity index (χ0v) is 19.1. The van der Waals surface area contributed by atoms with Crippen LogP contribution < -0.4 is 25.1 Å². The number of nitrogens with zero attached hydrogens (tertiary/aromatic N) is 4.